The van der Waals surface area contributed by atoms with Crippen molar-refractivity contribution in [3.05, 3.63) is 70.8 Å². The zero-order valence-corrected chi connectivity index (χ0v) is 10.6. The van der Waals surface area contributed by atoms with Gasteiger partial charge in [-0.25, -0.2) is 4.79 Å². The molecule has 0 aliphatic heterocycles. The molecule has 0 spiro atoms. The molecule has 0 bridgehead atoms. The van der Waals surface area contributed by atoms with E-state index in [1.165, 1.54) is 0 Å². The average Bonchev–Trinajstić information content (AvgIpc) is 2.46. The summed E-state index contributed by atoms with van der Waals surface area (Å²) in [6.45, 7) is 0. The highest BCUT2D eigenvalue weighted by atomic mass is 16.5. The Bertz CT molecular complexity index is 610. The predicted octanol–water partition coefficient (Wildman–Crippen LogP) is 2.54. The van der Waals surface area contributed by atoms with E-state index in [1.807, 2.05) is 12.2 Å². The molecule has 0 aliphatic carbocycles. The Morgan fingerprint density at radius 3 is 1.70 bits per heavy atom. The van der Waals surface area contributed by atoms with Crippen LogP contribution < -0.4 is 0 Å². The molecule has 0 amide bonds. The number of hydrogen-bond donors (Lipinski definition) is 3. The molecule has 2 rings (SSSR count). The highest BCUT2D eigenvalue weighted by molar-refractivity contribution is 5.88. The first-order chi connectivity index (χ1) is 9.56. The van der Waals surface area contributed by atoms with Crippen molar-refractivity contribution in [2.24, 2.45) is 0 Å². The van der Waals surface area contributed by atoms with Crippen molar-refractivity contribution in [3.63, 3.8) is 0 Å². The molecule has 4 heteroatoms. The van der Waals surface area contributed by atoms with E-state index in [0.717, 1.165) is 11.1 Å². The topological polar surface area (TPSA) is 77.8 Å². The summed E-state index contributed by atoms with van der Waals surface area (Å²) in [6.07, 6.45) is 2.26. The van der Waals surface area contributed by atoms with E-state index >= 15 is 0 Å². The van der Waals surface area contributed by atoms with E-state index in [9.17, 15) is 4.79 Å². The van der Waals surface area contributed by atoms with Crippen molar-refractivity contribution < 1.29 is 20.1 Å². The molecule has 0 aromatic heterocycles. The maximum Gasteiger partial charge on any atom is 0.335 e. The van der Waals surface area contributed by atoms with Crippen LogP contribution in [-0.2, 0) is 0 Å². The van der Waals surface area contributed by atoms with E-state index in [0.29, 0.717) is 5.56 Å². The summed E-state index contributed by atoms with van der Waals surface area (Å²) in [5.41, 5.74) is 2.49. The van der Waals surface area contributed by atoms with Crippen LogP contribution in [-0.4, -0.2) is 21.3 Å². The zero-order valence-electron chi connectivity index (χ0n) is 10.6. The molecule has 0 heterocycles. The molecule has 2 aromatic carbocycles. The van der Waals surface area contributed by atoms with Crippen LogP contribution in [0.4, 0.5) is 0 Å². The van der Waals surface area contributed by atoms with Crippen molar-refractivity contribution in [2.75, 3.05) is 0 Å². The van der Waals surface area contributed by atoms with Gasteiger partial charge in [0.2, 0.25) is 0 Å². The molecule has 2 aromatic rings. The second-order valence-corrected chi connectivity index (χ2v) is 4.30. The van der Waals surface area contributed by atoms with Crippen LogP contribution in [0.25, 0.3) is 12.2 Å². The molecular formula is C16H14O4. The summed E-state index contributed by atoms with van der Waals surface area (Å²) < 4.78 is 0. The molecule has 20 heavy (non-hydrogen) atoms. The fourth-order valence-corrected chi connectivity index (χ4v) is 1.71. The summed E-state index contributed by atoms with van der Waals surface area (Å²) >= 11 is 0. The van der Waals surface area contributed by atoms with Crippen LogP contribution in [0.3, 0.4) is 0 Å². The number of aliphatic hydroxyl groups excluding tert-OH is 1. The number of aromatic carboxylic acids is 1. The summed E-state index contributed by atoms with van der Waals surface area (Å²) in [5.74, 6) is -0.946. The summed E-state index contributed by atoms with van der Waals surface area (Å²) in [6, 6.07) is 13.4. The minimum absolute atomic E-state index is 0.253. The fourth-order valence-electron chi connectivity index (χ4n) is 1.71. The lowest BCUT2D eigenvalue weighted by molar-refractivity contribution is -0.0424. The lowest BCUT2D eigenvalue weighted by Crippen LogP contribution is -1.94. The Kier molecular flexibility index (Phi) is 4.30. The fraction of sp³-hybridized carbons (Fsp3) is 0.0625. The number of hydrogen-bond acceptors (Lipinski definition) is 3. The standard InChI is InChI=1S/C16H14O4/c17-15(18)13-7-3-11(4-8-13)1-2-12-5-9-14(10-6-12)16(19)20/h1-10,15,17-18H,(H,19,20)/b2-1+. The third kappa shape index (κ3) is 3.54. The molecule has 0 saturated heterocycles. The normalized spacial score (nSPS) is 11.2. The summed E-state index contributed by atoms with van der Waals surface area (Å²) in [7, 11) is 0. The summed E-state index contributed by atoms with van der Waals surface area (Å²) in [5, 5.41) is 26.8. The van der Waals surface area contributed by atoms with E-state index < -0.39 is 12.3 Å². The maximum atomic E-state index is 10.7. The third-order valence-electron chi connectivity index (χ3n) is 2.86. The van der Waals surface area contributed by atoms with Gasteiger partial charge in [-0.1, -0.05) is 48.6 Å². The monoisotopic (exact) mass is 270 g/mol. The number of carboxylic acids is 1. The highest BCUT2D eigenvalue weighted by Crippen LogP contribution is 2.14. The van der Waals surface area contributed by atoms with Gasteiger partial charge in [0.15, 0.2) is 6.29 Å². The quantitative estimate of drug-likeness (QED) is 0.589. The first-order valence-electron chi connectivity index (χ1n) is 6.04. The van der Waals surface area contributed by atoms with Crippen LogP contribution >= 0.6 is 0 Å². The number of benzene rings is 2. The molecule has 4 nitrogen and oxygen atoms in total. The van der Waals surface area contributed by atoms with Gasteiger partial charge in [0, 0.05) is 5.56 Å². The van der Waals surface area contributed by atoms with E-state index in [1.54, 1.807) is 48.5 Å². The van der Waals surface area contributed by atoms with Gasteiger partial charge < -0.3 is 15.3 Å². The Labute approximate surface area is 116 Å². The highest BCUT2D eigenvalue weighted by Gasteiger charge is 2.01. The van der Waals surface area contributed by atoms with Crippen LogP contribution in [0.5, 0.6) is 0 Å². The van der Waals surface area contributed by atoms with Crippen molar-refractivity contribution in [1.82, 2.24) is 0 Å². The van der Waals surface area contributed by atoms with Gasteiger partial charge in [0.05, 0.1) is 5.56 Å². The molecule has 0 atom stereocenters. The van der Waals surface area contributed by atoms with Crippen LogP contribution in [0.2, 0.25) is 0 Å². The third-order valence-corrected chi connectivity index (χ3v) is 2.86. The molecular weight excluding hydrogens is 256 g/mol. The lowest BCUT2D eigenvalue weighted by Gasteiger charge is -2.03. The molecule has 0 fully saturated rings. The van der Waals surface area contributed by atoms with E-state index in [-0.39, 0.29) is 5.56 Å². The number of carboxylic acid groups (broad SMARTS) is 1. The zero-order chi connectivity index (χ0) is 14.5. The van der Waals surface area contributed by atoms with Gasteiger partial charge in [-0.3, -0.25) is 0 Å². The largest absolute Gasteiger partial charge is 0.478 e. The minimum Gasteiger partial charge on any atom is -0.478 e. The summed E-state index contributed by atoms with van der Waals surface area (Å²) in [4.78, 5) is 10.7. The van der Waals surface area contributed by atoms with Crippen LogP contribution in [0.15, 0.2) is 48.5 Å². The maximum absolute atomic E-state index is 10.7. The first kappa shape index (κ1) is 14.0. The van der Waals surface area contributed by atoms with Crippen molar-refractivity contribution in [3.8, 4) is 0 Å². The molecule has 102 valence electrons. The van der Waals surface area contributed by atoms with Crippen molar-refractivity contribution >= 4 is 18.1 Å². The Morgan fingerprint density at radius 2 is 1.30 bits per heavy atom. The van der Waals surface area contributed by atoms with Gasteiger partial charge in [-0.15, -0.1) is 0 Å². The Hall–Kier alpha value is -2.43. The van der Waals surface area contributed by atoms with Gasteiger partial charge >= 0.3 is 5.97 Å². The SMILES string of the molecule is O=C(O)c1ccc(/C=C/c2ccc(C(O)O)cc2)cc1. The Morgan fingerprint density at radius 1 is 0.850 bits per heavy atom. The van der Waals surface area contributed by atoms with Gasteiger partial charge in [0.1, 0.15) is 0 Å². The smallest absolute Gasteiger partial charge is 0.335 e. The second-order valence-electron chi connectivity index (χ2n) is 4.30. The number of rotatable bonds is 4. The molecule has 3 N–H and O–H groups in total. The molecule has 0 unspecified atom stereocenters. The van der Waals surface area contributed by atoms with Gasteiger partial charge in [-0.05, 0) is 23.3 Å². The molecule has 0 aliphatic rings. The average molecular weight is 270 g/mol. The molecule has 0 radical (unpaired) electrons. The van der Waals surface area contributed by atoms with Crippen molar-refractivity contribution in [2.45, 2.75) is 6.29 Å². The lowest BCUT2D eigenvalue weighted by atomic mass is 10.1. The number of aliphatic hydroxyl groups is 2. The minimum atomic E-state index is -1.46. The van der Waals surface area contributed by atoms with E-state index in [2.05, 4.69) is 0 Å². The van der Waals surface area contributed by atoms with Crippen LogP contribution in [0.1, 0.15) is 33.3 Å². The van der Waals surface area contributed by atoms with Crippen LogP contribution in [0, 0.1) is 0 Å². The predicted molar refractivity (Wildman–Crippen MR) is 75.9 cm³/mol. The first-order valence-corrected chi connectivity index (χ1v) is 6.04. The van der Waals surface area contributed by atoms with Gasteiger partial charge in [-0.2, -0.15) is 0 Å². The second kappa shape index (κ2) is 6.14. The number of carbonyl (C=O) groups is 1. The van der Waals surface area contributed by atoms with Crippen molar-refractivity contribution in [1.29, 1.82) is 0 Å². The van der Waals surface area contributed by atoms with E-state index in [4.69, 9.17) is 15.3 Å². The molecule has 0 saturated carbocycles. The Balaban J connectivity index is 2.10. The van der Waals surface area contributed by atoms with Gasteiger partial charge in [0.25, 0.3) is 0 Å².